The number of carbonyl (C=O) groups excluding carboxylic acids is 2. The van der Waals surface area contributed by atoms with E-state index in [0.29, 0.717) is 11.3 Å². The third-order valence-electron chi connectivity index (χ3n) is 5.81. The minimum absolute atomic E-state index is 0.101. The molecule has 3 aromatic carbocycles. The number of ketones is 1. The number of anilines is 1. The van der Waals surface area contributed by atoms with Crippen molar-refractivity contribution in [2.45, 2.75) is 13.0 Å². The molecule has 7 nitrogen and oxygen atoms in total. The van der Waals surface area contributed by atoms with Gasteiger partial charge in [0, 0.05) is 17.3 Å². The zero-order valence-corrected chi connectivity index (χ0v) is 19.0. The number of amides is 1. The fourth-order valence-electron chi connectivity index (χ4n) is 4.11. The number of aliphatic hydroxyl groups is 1. The zero-order valence-electron chi connectivity index (χ0n) is 19.0. The van der Waals surface area contributed by atoms with E-state index in [1.807, 2.05) is 0 Å². The highest BCUT2D eigenvalue weighted by Gasteiger charge is 2.47. The number of nitrogens with zero attached hydrogens (tertiary/aromatic N) is 1. The smallest absolute Gasteiger partial charge is 0.300 e. The summed E-state index contributed by atoms with van der Waals surface area (Å²) < 4.78 is 37.9. The van der Waals surface area contributed by atoms with Crippen LogP contribution in [0.2, 0.25) is 0 Å². The Morgan fingerprint density at radius 3 is 2.20 bits per heavy atom. The van der Waals surface area contributed by atoms with Crippen molar-refractivity contribution < 1.29 is 38.1 Å². The quantitative estimate of drug-likeness (QED) is 0.314. The van der Waals surface area contributed by atoms with E-state index in [0.717, 1.165) is 23.1 Å². The van der Waals surface area contributed by atoms with Gasteiger partial charge in [-0.3, -0.25) is 14.5 Å². The van der Waals surface area contributed by atoms with E-state index in [2.05, 4.69) is 0 Å². The van der Waals surface area contributed by atoms with E-state index in [-0.39, 0.29) is 33.9 Å². The molecule has 0 saturated carbocycles. The van der Waals surface area contributed by atoms with Crippen molar-refractivity contribution in [1.82, 2.24) is 0 Å². The van der Waals surface area contributed by atoms with Crippen LogP contribution in [0.4, 0.5) is 14.5 Å². The number of aryl methyl sites for hydroxylation is 1. The molecule has 35 heavy (non-hydrogen) atoms. The van der Waals surface area contributed by atoms with Crippen molar-refractivity contribution >= 4 is 23.1 Å². The molecule has 0 aromatic heterocycles. The Kier molecular flexibility index (Phi) is 6.17. The first kappa shape index (κ1) is 23.7. The number of benzene rings is 3. The standard InChI is InChI=1S/C26H21F2NO6/c1-13-10-15(5-8-20(13)34-2)24(31)22-23(14-4-9-21(35-3)19(30)11-14)29(26(33)25(22)32)16-6-7-17(27)18(28)12-16/h4-12,23,30-31H,1-3H3/b24-22+. The van der Waals surface area contributed by atoms with Gasteiger partial charge in [0.25, 0.3) is 11.7 Å². The van der Waals surface area contributed by atoms with Crippen LogP contribution in [-0.4, -0.2) is 36.1 Å². The fraction of sp³-hybridized carbons (Fsp3) is 0.154. The zero-order chi connectivity index (χ0) is 25.4. The predicted octanol–water partition coefficient (Wildman–Crippen LogP) is 4.62. The predicted molar refractivity (Wildman–Crippen MR) is 124 cm³/mol. The van der Waals surface area contributed by atoms with E-state index < -0.39 is 35.1 Å². The highest BCUT2D eigenvalue weighted by Crippen LogP contribution is 2.44. The summed E-state index contributed by atoms with van der Waals surface area (Å²) in [6.45, 7) is 1.74. The topological polar surface area (TPSA) is 96.3 Å². The van der Waals surface area contributed by atoms with Crippen LogP contribution in [0, 0.1) is 18.6 Å². The van der Waals surface area contributed by atoms with Crippen LogP contribution in [0.3, 0.4) is 0 Å². The molecule has 0 aliphatic carbocycles. The third kappa shape index (κ3) is 4.05. The van der Waals surface area contributed by atoms with Gasteiger partial charge in [-0.1, -0.05) is 6.07 Å². The molecule has 1 unspecified atom stereocenters. The maximum absolute atomic E-state index is 14.1. The van der Waals surface area contributed by atoms with Crippen LogP contribution in [0.5, 0.6) is 17.2 Å². The van der Waals surface area contributed by atoms with Crippen LogP contribution >= 0.6 is 0 Å². The Morgan fingerprint density at radius 2 is 1.60 bits per heavy atom. The summed E-state index contributed by atoms with van der Waals surface area (Å²) in [5.74, 6) is -4.47. The maximum atomic E-state index is 14.1. The van der Waals surface area contributed by atoms with E-state index in [9.17, 15) is 28.6 Å². The van der Waals surface area contributed by atoms with Crippen molar-refractivity contribution in [2.24, 2.45) is 0 Å². The lowest BCUT2D eigenvalue weighted by atomic mass is 9.94. The highest BCUT2D eigenvalue weighted by atomic mass is 19.2. The average Bonchev–Trinajstić information content (AvgIpc) is 3.10. The van der Waals surface area contributed by atoms with Crippen LogP contribution in [0.1, 0.15) is 22.7 Å². The van der Waals surface area contributed by atoms with E-state index in [1.54, 1.807) is 19.1 Å². The summed E-state index contributed by atoms with van der Waals surface area (Å²) in [7, 11) is 2.85. The summed E-state index contributed by atoms with van der Waals surface area (Å²) in [4.78, 5) is 27.2. The minimum Gasteiger partial charge on any atom is -0.507 e. The number of phenols is 1. The van der Waals surface area contributed by atoms with E-state index in [1.165, 1.54) is 38.5 Å². The number of rotatable bonds is 5. The van der Waals surface area contributed by atoms with Crippen molar-refractivity contribution in [3.8, 4) is 17.2 Å². The van der Waals surface area contributed by atoms with Crippen molar-refractivity contribution in [1.29, 1.82) is 0 Å². The third-order valence-corrected chi connectivity index (χ3v) is 5.81. The second-order valence-corrected chi connectivity index (χ2v) is 7.88. The van der Waals surface area contributed by atoms with Gasteiger partial charge in [0.2, 0.25) is 0 Å². The van der Waals surface area contributed by atoms with Gasteiger partial charge in [0.1, 0.15) is 11.5 Å². The summed E-state index contributed by atoms with van der Waals surface area (Å²) in [5, 5.41) is 21.5. The SMILES string of the molecule is COc1ccc(/C(O)=C2\C(=O)C(=O)N(c3ccc(F)c(F)c3)C2c2ccc(OC)c(O)c2)cc1C. The van der Waals surface area contributed by atoms with E-state index in [4.69, 9.17) is 9.47 Å². The molecule has 3 aromatic rings. The molecule has 2 N–H and O–H groups in total. The molecule has 180 valence electrons. The molecule has 0 bridgehead atoms. The first-order chi connectivity index (χ1) is 16.7. The molecule has 9 heteroatoms. The van der Waals surface area contributed by atoms with Gasteiger partial charge in [0.15, 0.2) is 23.1 Å². The van der Waals surface area contributed by atoms with Crippen molar-refractivity contribution in [3.63, 3.8) is 0 Å². The molecule has 0 radical (unpaired) electrons. The number of hydrogen-bond acceptors (Lipinski definition) is 6. The minimum atomic E-state index is -1.25. The number of aliphatic hydroxyl groups excluding tert-OH is 1. The number of aromatic hydroxyl groups is 1. The van der Waals surface area contributed by atoms with Gasteiger partial charge in [-0.05, 0) is 60.5 Å². The lowest BCUT2D eigenvalue weighted by molar-refractivity contribution is -0.132. The number of halogens is 2. The lowest BCUT2D eigenvalue weighted by Gasteiger charge is -2.26. The Labute approximate surface area is 199 Å². The normalized spacial score (nSPS) is 17.1. The molecule has 1 fully saturated rings. The molecular weight excluding hydrogens is 460 g/mol. The number of Topliss-reactive ketones (excluding diaryl/α,β-unsaturated/α-hetero) is 1. The molecule has 0 spiro atoms. The van der Waals surface area contributed by atoms with Gasteiger partial charge < -0.3 is 19.7 Å². The second kappa shape index (κ2) is 9.09. The fourth-order valence-corrected chi connectivity index (χ4v) is 4.11. The molecule has 1 saturated heterocycles. The summed E-state index contributed by atoms with van der Waals surface area (Å²) in [6.07, 6.45) is 0. The Hall–Kier alpha value is -4.40. The highest BCUT2D eigenvalue weighted by molar-refractivity contribution is 6.51. The molecule has 1 amide bonds. The maximum Gasteiger partial charge on any atom is 0.300 e. The summed E-state index contributed by atoms with van der Waals surface area (Å²) in [5.41, 5.74) is 0.767. The average molecular weight is 481 g/mol. The molecule has 4 rings (SSSR count). The van der Waals surface area contributed by atoms with Gasteiger partial charge in [-0.15, -0.1) is 0 Å². The van der Waals surface area contributed by atoms with Gasteiger partial charge >= 0.3 is 0 Å². The molecule has 1 heterocycles. The van der Waals surface area contributed by atoms with Crippen LogP contribution in [0.25, 0.3) is 5.76 Å². The van der Waals surface area contributed by atoms with Gasteiger partial charge in [0.05, 0.1) is 25.8 Å². The number of methoxy groups -OCH3 is 2. The summed E-state index contributed by atoms with van der Waals surface area (Å²) >= 11 is 0. The first-order valence-corrected chi connectivity index (χ1v) is 10.5. The second-order valence-electron chi connectivity index (χ2n) is 7.88. The van der Waals surface area contributed by atoms with Crippen molar-refractivity contribution in [2.75, 3.05) is 19.1 Å². The first-order valence-electron chi connectivity index (χ1n) is 10.5. The summed E-state index contributed by atoms with van der Waals surface area (Å²) in [6, 6.07) is 10.4. The van der Waals surface area contributed by atoms with Crippen LogP contribution in [-0.2, 0) is 9.59 Å². The Balaban J connectivity index is 1.96. The number of ether oxygens (including phenoxy) is 2. The Morgan fingerprint density at radius 1 is 0.914 bits per heavy atom. The van der Waals surface area contributed by atoms with E-state index >= 15 is 0 Å². The molecule has 1 aliphatic heterocycles. The monoisotopic (exact) mass is 481 g/mol. The molecule has 1 aliphatic rings. The largest absolute Gasteiger partial charge is 0.507 e. The van der Waals surface area contributed by atoms with Gasteiger partial charge in [-0.25, -0.2) is 8.78 Å². The number of hydrogen-bond donors (Lipinski definition) is 2. The Bertz CT molecular complexity index is 1380. The van der Waals surface area contributed by atoms with Crippen molar-refractivity contribution in [3.05, 3.63) is 88.5 Å². The number of phenolic OH excluding ortho intramolecular Hbond substituents is 1. The van der Waals surface area contributed by atoms with Crippen LogP contribution < -0.4 is 14.4 Å². The lowest BCUT2D eigenvalue weighted by Crippen LogP contribution is -2.29. The van der Waals surface area contributed by atoms with Crippen LogP contribution in [0.15, 0.2) is 60.2 Å². The van der Waals surface area contributed by atoms with Gasteiger partial charge in [-0.2, -0.15) is 0 Å². The molecule has 1 atom stereocenters. The molecular formula is C26H21F2NO6. The number of carbonyl (C=O) groups is 2.